The standard InChI is InChI=1S/C4H8O/c1-3-4(2)5/h3-5H,1H2,2H3/q+1. The smallest absolute Gasteiger partial charge is 0.155 e. The van der Waals surface area contributed by atoms with E-state index in [1.165, 1.54) is 6.08 Å². The van der Waals surface area contributed by atoms with Crippen LogP contribution in [-0.4, -0.2) is 11.2 Å². The minimum Gasteiger partial charge on any atom is -0.155 e. The average molecular weight is 72.1 g/mol. The van der Waals surface area contributed by atoms with Crippen LogP contribution >= 0.6 is 0 Å². The predicted molar refractivity (Wildman–Crippen MR) is 21.9 cm³/mol. The lowest BCUT2D eigenvalue weighted by Crippen LogP contribution is -1.88. The summed E-state index contributed by atoms with van der Waals surface area (Å²) in [4.78, 5) is 0. The van der Waals surface area contributed by atoms with Crippen LogP contribution in [0.2, 0.25) is 0 Å². The summed E-state index contributed by atoms with van der Waals surface area (Å²) in [5.41, 5.74) is 0. The van der Waals surface area contributed by atoms with Crippen molar-refractivity contribution in [2.75, 3.05) is 0 Å². The van der Waals surface area contributed by atoms with E-state index in [0.717, 1.165) is 0 Å². The minimum atomic E-state index is -0.352. The van der Waals surface area contributed by atoms with Gasteiger partial charge in [0.2, 0.25) is 6.10 Å². The lowest BCUT2D eigenvalue weighted by Gasteiger charge is -1.70. The van der Waals surface area contributed by atoms with E-state index in [1.54, 1.807) is 6.92 Å². The van der Waals surface area contributed by atoms with E-state index in [2.05, 4.69) is 6.58 Å². The van der Waals surface area contributed by atoms with Crippen LogP contribution in [0.1, 0.15) is 6.92 Å². The van der Waals surface area contributed by atoms with Crippen molar-refractivity contribution in [1.82, 2.24) is 0 Å². The molecule has 29 valence electrons. The molecule has 0 rings (SSSR count). The zero-order chi connectivity index (χ0) is 4.28. The molecule has 1 atom stereocenters. The summed E-state index contributed by atoms with van der Waals surface area (Å²) >= 11 is 0. The second kappa shape index (κ2) is 1.97. The third-order valence-corrected chi connectivity index (χ3v) is 0.341. The molecule has 0 spiro atoms. The van der Waals surface area contributed by atoms with Gasteiger partial charge in [-0.05, 0) is 6.08 Å². The molecule has 0 aliphatic heterocycles. The second-order valence-corrected chi connectivity index (χ2v) is 0.976. The van der Waals surface area contributed by atoms with Crippen LogP contribution in [0.3, 0.4) is 0 Å². The topological polar surface area (TPSA) is 21.4 Å². The molecule has 5 heavy (non-hydrogen) atoms. The first kappa shape index (κ1) is 4.70. The number of aliphatic hydroxyl groups is 1. The predicted octanol–water partition coefficient (Wildman–Crippen LogP) is 0.553. The highest BCUT2D eigenvalue weighted by molar-refractivity contribution is 4.72. The Morgan fingerprint density at radius 3 is 2.20 bits per heavy atom. The van der Waals surface area contributed by atoms with Gasteiger partial charge in [-0.3, -0.25) is 0 Å². The van der Waals surface area contributed by atoms with Crippen molar-refractivity contribution >= 4 is 0 Å². The van der Waals surface area contributed by atoms with Gasteiger partial charge in [0, 0.05) is 6.92 Å². The van der Waals surface area contributed by atoms with Crippen molar-refractivity contribution in [1.29, 1.82) is 0 Å². The first-order valence-corrected chi connectivity index (χ1v) is 1.58. The Labute approximate surface area is 31.9 Å². The molecule has 1 heteroatoms. The maximum Gasteiger partial charge on any atom is 0.241 e. The van der Waals surface area contributed by atoms with E-state index in [4.69, 9.17) is 5.11 Å². The summed E-state index contributed by atoms with van der Waals surface area (Å²) in [7, 11) is 0. The van der Waals surface area contributed by atoms with Crippen molar-refractivity contribution in [3.63, 3.8) is 0 Å². The van der Waals surface area contributed by atoms with E-state index < -0.39 is 0 Å². The number of rotatable bonds is 1. The summed E-state index contributed by atoms with van der Waals surface area (Å²) in [6.45, 7) is 4.97. The van der Waals surface area contributed by atoms with Crippen LogP contribution < -0.4 is 0 Å². The van der Waals surface area contributed by atoms with Gasteiger partial charge in [-0.1, -0.05) is 6.58 Å². The molecule has 1 N–H and O–H groups in total. The fraction of sp³-hybridized carbons (Fsp3) is 0.500. The summed E-state index contributed by atoms with van der Waals surface area (Å²) in [5, 5.41) is 8.24. The van der Waals surface area contributed by atoms with Crippen LogP contribution in [0, 0.1) is 0 Å². The van der Waals surface area contributed by atoms with Crippen LogP contribution in [0.4, 0.5) is 0 Å². The molecule has 0 heterocycles. The Kier molecular flexibility index (Phi) is 1.85. The summed E-state index contributed by atoms with van der Waals surface area (Å²) in [6.07, 6.45) is 1.12. The molecule has 0 aliphatic rings. The Bertz CT molecular complexity index is 30.6. The van der Waals surface area contributed by atoms with Gasteiger partial charge in [0.1, 0.15) is 0 Å². The molecule has 0 aromatic rings. The van der Waals surface area contributed by atoms with Crippen LogP contribution in [0.25, 0.3) is 0 Å². The molecule has 1 radical (unpaired) electrons. The second-order valence-electron chi connectivity index (χ2n) is 0.976. The molecule has 0 fully saturated rings. The molecule has 1 unspecified atom stereocenters. The molecule has 0 aromatic carbocycles. The fourth-order valence-corrected chi connectivity index (χ4v) is 0. The Hall–Kier alpha value is -0.300. The van der Waals surface area contributed by atoms with Gasteiger partial charge in [-0.15, -0.1) is 0 Å². The zero-order valence-electron chi connectivity index (χ0n) is 3.31. The van der Waals surface area contributed by atoms with Gasteiger partial charge in [-0.25, -0.2) is 0 Å². The summed E-state index contributed by atoms with van der Waals surface area (Å²) in [6, 6.07) is 0. The largest absolute Gasteiger partial charge is 0.241 e. The van der Waals surface area contributed by atoms with Gasteiger partial charge in [0.05, 0.1) is 0 Å². The quantitative estimate of drug-likeness (QED) is 0.327. The summed E-state index contributed by atoms with van der Waals surface area (Å²) in [5.74, 6) is 0. The normalized spacial score (nSPS) is 14.0. The summed E-state index contributed by atoms with van der Waals surface area (Å²) < 4.78 is 0. The Balaban J connectivity index is 2.83. The van der Waals surface area contributed by atoms with Crippen molar-refractivity contribution in [2.24, 2.45) is 0 Å². The molecule has 1 nitrogen and oxygen atoms in total. The minimum absolute atomic E-state index is 0.352. The van der Waals surface area contributed by atoms with E-state index in [1.807, 2.05) is 0 Å². The first-order chi connectivity index (χ1) is 2.27. The van der Waals surface area contributed by atoms with Crippen molar-refractivity contribution in [3.05, 3.63) is 12.7 Å². The van der Waals surface area contributed by atoms with Crippen molar-refractivity contribution in [3.8, 4) is 0 Å². The molecular formula is C4H8O+. The van der Waals surface area contributed by atoms with Gasteiger partial charge in [-0.2, -0.15) is 5.11 Å². The maximum absolute atomic E-state index is 8.24. The first-order valence-electron chi connectivity index (χ1n) is 1.58. The van der Waals surface area contributed by atoms with Crippen molar-refractivity contribution in [2.45, 2.75) is 13.0 Å². The maximum atomic E-state index is 8.24. The molecule has 0 amide bonds. The fourth-order valence-electron chi connectivity index (χ4n) is 0. The van der Waals surface area contributed by atoms with Crippen LogP contribution in [0.5, 0.6) is 0 Å². The highest BCUT2D eigenvalue weighted by atomic mass is 16.3. The van der Waals surface area contributed by atoms with Gasteiger partial charge in [0.15, 0.2) is 0 Å². The van der Waals surface area contributed by atoms with Gasteiger partial charge < -0.3 is 0 Å². The highest BCUT2D eigenvalue weighted by Crippen LogP contribution is 1.73. The van der Waals surface area contributed by atoms with Gasteiger partial charge in [0.25, 0.3) is 0 Å². The van der Waals surface area contributed by atoms with Gasteiger partial charge >= 0.3 is 0 Å². The SMILES string of the molecule is C=CC(C)[OH+]. The lowest BCUT2D eigenvalue weighted by atomic mass is 10.4. The van der Waals surface area contributed by atoms with Crippen LogP contribution in [0.15, 0.2) is 12.7 Å². The van der Waals surface area contributed by atoms with E-state index in [0.29, 0.717) is 0 Å². The molecule has 0 bridgehead atoms. The molecular weight excluding hydrogens is 64.0 g/mol. The highest BCUT2D eigenvalue weighted by Gasteiger charge is 1.88. The molecule has 0 aliphatic carbocycles. The third kappa shape index (κ3) is 3.70. The third-order valence-electron chi connectivity index (χ3n) is 0.341. The zero-order valence-corrected chi connectivity index (χ0v) is 3.31. The lowest BCUT2D eigenvalue weighted by molar-refractivity contribution is 0.244. The van der Waals surface area contributed by atoms with E-state index >= 15 is 0 Å². The average Bonchev–Trinajstić information content (AvgIpc) is 1.38. The molecule has 0 aromatic heterocycles. The number of hydrogen-bond donors (Lipinski definition) is 0. The molecule has 0 saturated heterocycles. The number of aliphatic hydroxyl groups excluding tert-OH is 1. The Morgan fingerprint density at radius 2 is 2.20 bits per heavy atom. The van der Waals surface area contributed by atoms with Crippen LogP contribution in [-0.2, 0) is 0 Å². The molecule has 0 saturated carbocycles. The van der Waals surface area contributed by atoms with E-state index in [9.17, 15) is 0 Å². The monoisotopic (exact) mass is 72.1 g/mol. The van der Waals surface area contributed by atoms with Crippen molar-refractivity contribution < 1.29 is 5.11 Å². The number of hydrogen-bond acceptors (Lipinski definition) is 1. The van der Waals surface area contributed by atoms with E-state index in [-0.39, 0.29) is 6.10 Å². The Morgan fingerprint density at radius 1 is 2.00 bits per heavy atom.